The van der Waals surface area contributed by atoms with Crippen molar-refractivity contribution in [2.24, 2.45) is 5.92 Å². The van der Waals surface area contributed by atoms with Gasteiger partial charge >= 0.3 is 0 Å². The Kier molecular flexibility index (Phi) is 3.66. The zero-order chi connectivity index (χ0) is 18.7. The molecule has 3 aromatic rings. The molecule has 0 spiro atoms. The molecule has 0 amide bonds. The van der Waals surface area contributed by atoms with Crippen molar-refractivity contribution in [3.63, 3.8) is 0 Å². The van der Waals surface area contributed by atoms with Crippen LogP contribution in [0.4, 0.5) is 0 Å². The lowest BCUT2D eigenvalue weighted by molar-refractivity contribution is 0.113. The van der Waals surface area contributed by atoms with Crippen LogP contribution in [0, 0.1) is 5.92 Å². The number of rotatable bonds is 1. The molecule has 140 valence electrons. The maximum atomic E-state index is 6.14. The molecule has 1 saturated heterocycles. The topological polar surface area (TPSA) is 37.8 Å². The standard InChI is InChI=1S/C24H22ClN3/c25-17-6-4-15(5-7-17)18-2-1-3-20-19(18)13-22-21-12-16-8-10-27-28-23(16)14-24(20,21)9-11-26-22/h1-8,10,21-22,26H,9,11-14H2/t21-,22+,24+/m0/s1. The normalized spacial score (nSPS) is 27.5. The Morgan fingerprint density at radius 3 is 2.82 bits per heavy atom. The molecule has 0 unspecified atom stereocenters. The zero-order valence-corrected chi connectivity index (χ0v) is 16.4. The Balaban J connectivity index is 1.55. The largest absolute Gasteiger partial charge is 0.313 e. The molecule has 3 aliphatic rings. The number of nitrogens with zero attached hydrogens (tertiary/aromatic N) is 2. The van der Waals surface area contributed by atoms with E-state index in [9.17, 15) is 0 Å². The van der Waals surface area contributed by atoms with Crippen LogP contribution in [0.15, 0.2) is 54.7 Å². The number of fused-ring (bicyclic) bond motifs is 2. The molecule has 6 rings (SSSR count). The Morgan fingerprint density at radius 1 is 1.04 bits per heavy atom. The van der Waals surface area contributed by atoms with Gasteiger partial charge in [-0.1, -0.05) is 41.9 Å². The first-order chi connectivity index (χ1) is 13.7. The fourth-order valence-electron chi connectivity index (χ4n) is 6.04. The first-order valence-corrected chi connectivity index (χ1v) is 10.5. The molecule has 1 N–H and O–H groups in total. The number of piperidine rings is 1. The van der Waals surface area contributed by atoms with Crippen molar-refractivity contribution in [2.45, 2.75) is 37.1 Å². The number of halogens is 1. The molecule has 0 saturated carbocycles. The first-order valence-electron chi connectivity index (χ1n) is 10.2. The highest BCUT2D eigenvalue weighted by Crippen LogP contribution is 2.53. The average molecular weight is 388 g/mol. The quantitative estimate of drug-likeness (QED) is 0.673. The number of aromatic nitrogens is 2. The van der Waals surface area contributed by atoms with Crippen LogP contribution in [0.5, 0.6) is 0 Å². The van der Waals surface area contributed by atoms with E-state index in [0.29, 0.717) is 12.0 Å². The van der Waals surface area contributed by atoms with Gasteiger partial charge < -0.3 is 5.32 Å². The van der Waals surface area contributed by atoms with Gasteiger partial charge in [0.05, 0.1) is 5.69 Å². The molecule has 0 radical (unpaired) electrons. The second-order valence-electron chi connectivity index (χ2n) is 8.50. The minimum absolute atomic E-state index is 0.176. The predicted octanol–water partition coefficient (Wildman–Crippen LogP) is 4.37. The van der Waals surface area contributed by atoms with Gasteiger partial charge in [-0.25, -0.2) is 0 Å². The molecule has 4 heteroatoms. The van der Waals surface area contributed by atoms with E-state index in [0.717, 1.165) is 30.8 Å². The van der Waals surface area contributed by atoms with Crippen LogP contribution in [0.25, 0.3) is 11.1 Å². The van der Waals surface area contributed by atoms with Crippen molar-refractivity contribution in [1.82, 2.24) is 15.5 Å². The van der Waals surface area contributed by atoms with Crippen molar-refractivity contribution < 1.29 is 0 Å². The Labute approximate surface area is 170 Å². The van der Waals surface area contributed by atoms with Crippen LogP contribution < -0.4 is 5.32 Å². The third kappa shape index (κ3) is 2.33. The Hall–Kier alpha value is -2.23. The van der Waals surface area contributed by atoms with E-state index in [1.165, 1.54) is 34.4 Å². The van der Waals surface area contributed by atoms with Gasteiger partial charge in [0.25, 0.3) is 0 Å². The van der Waals surface area contributed by atoms with Gasteiger partial charge in [0.15, 0.2) is 0 Å². The molecule has 28 heavy (non-hydrogen) atoms. The molecule has 3 atom stereocenters. The summed E-state index contributed by atoms with van der Waals surface area (Å²) < 4.78 is 0. The van der Waals surface area contributed by atoms with Gasteiger partial charge in [-0.3, -0.25) is 0 Å². The van der Waals surface area contributed by atoms with Crippen molar-refractivity contribution in [1.29, 1.82) is 0 Å². The molecule has 2 aromatic carbocycles. The summed E-state index contributed by atoms with van der Waals surface area (Å²) in [6.45, 7) is 1.08. The minimum Gasteiger partial charge on any atom is -0.313 e. The summed E-state index contributed by atoms with van der Waals surface area (Å²) in [4.78, 5) is 0. The third-order valence-electron chi connectivity index (χ3n) is 7.28. The summed E-state index contributed by atoms with van der Waals surface area (Å²) >= 11 is 6.14. The highest BCUT2D eigenvalue weighted by molar-refractivity contribution is 6.30. The highest BCUT2D eigenvalue weighted by atomic mass is 35.5. The van der Waals surface area contributed by atoms with Gasteiger partial charge in [0.2, 0.25) is 0 Å². The minimum atomic E-state index is 0.176. The lowest BCUT2D eigenvalue weighted by atomic mass is 9.52. The van der Waals surface area contributed by atoms with E-state index in [-0.39, 0.29) is 5.41 Å². The smallest absolute Gasteiger partial charge is 0.0672 e. The van der Waals surface area contributed by atoms with Crippen LogP contribution in [0.3, 0.4) is 0 Å². The van der Waals surface area contributed by atoms with Crippen molar-refractivity contribution in [2.75, 3.05) is 6.54 Å². The molecule has 2 aliphatic carbocycles. The number of hydrogen-bond acceptors (Lipinski definition) is 3. The molecule has 1 fully saturated rings. The van der Waals surface area contributed by atoms with Gasteiger partial charge in [0, 0.05) is 29.1 Å². The summed E-state index contributed by atoms with van der Waals surface area (Å²) in [6.07, 6.45) is 6.22. The van der Waals surface area contributed by atoms with Gasteiger partial charge in [-0.15, -0.1) is 0 Å². The molecule has 2 heterocycles. The highest BCUT2D eigenvalue weighted by Gasteiger charge is 2.53. The third-order valence-corrected chi connectivity index (χ3v) is 7.53. The maximum absolute atomic E-state index is 6.14. The van der Waals surface area contributed by atoms with Crippen LogP contribution in [-0.2, 0) is 24.7 Å². The summed E-state index contributed by atoms with van der Waals surface area (Å²) in [6, 6.07) is 17.9. The SMILES string of the molecule is Clc1ccc(-c2cccc3c2C[C@H]2NCC[C@@]34Cc3nnccc3C[C@@H]24)cc1. The number of benzene rings is 2. The lowest BCUT2D eigenvalue weighted by Crippen LogP contribution is -2.61. The van der Waals surface area contributed by atoms with Crippen molar-refractivity contribution >= 4 is 11.6 Å². The predicted molar refractivity (Wildman–Crippen MR) is 112 cm³/mol. The zero-order valence-electron chi connectivity index (χ0n) is 15.7. The van der Waals surface area contributed by atoms with E-state index in [4.69, 9.17) is 11.6 Å². The summed E-state index contributed by atoms with van der Waals surface area (Å²) in [5.41, 5.74) is 8.42. The fraction of sp³-hybridized carbons (Fsp3) is 0.333. The molecule has 3 nitrogen and oxygen atoms in total. The van der Waals surface area contributed by atoms with E-state index in [1.54, 1.807) is 5.56 Å². The van der Waals surface area contributed by atoms with Crippen LogP contribution in [-0.4, -0.2) is 22.8 Å². The van der Waals surface area contributed by atoms with Gasteiger partial charge in [-0.05, 0) is 77.7 Å². The molecular formula is C24H22ClN3. The summed E-state index contributed by atoms with van der Waals surface area (Å²) in [5, 5.41) is 13.4. The van der Waals surface area contributed by atoms with Gasteiger partial charge in [0.1, 0.15) is 0 Å². The van der Waals surface area contributed by atoms with E-state index < -0.39 is 0 Å². The van der Waals surface area contributed by atoms with E-state index >= 15 is 0 Å². The van der Waals surface area contributed by atoms with Crippen LogP contribution in [0.2, 0.25) is 5.02 Å². The Morgan fingerprint density at radius 2 is 1.93 bits per heavy atom. The summed E-state index contributed by atoms with van der Waals surface area (Å²) in [7, 11) is 0. The lowest BCUT2D eigenvalue weighted by Gasteiger charge is -2.56. The molecule has 1 aliphatic heterocycles. The second-order valence-corrected chi connectivity index (χ2v) is 8.94. The van der Waals surface area contributed by atoms with Crippen LogP contribution in [0.1, 0.15) is 28.8 Å². The maximum Gasteiger partial charge on any atom is 0.0672 e. The monoisotopic (exact) mass is 387 g/mol. The fourth-order valence-corrected chi connectivity index (χ4v) is 6.17. The molecular weight excluding hydrogens is 366 g/mol. The number of hydrogen-bond donors (Lipinski definition) is 1. The van der Waals surface area contributed by atoms with E-state index in [2.05, 4.69) is 51.9 Å². The van der Waals surface area contributed by atoms with Gasteiger partial charge in [-0.2, -0.15) is 10.2 Å². The summed E-state index contributed by atoms with van der Waals surface area (Å²) in [5.74, 6) is 0.630. The first kappa shape index (κ1) is 16.7. The van der Waals surface area contributed by atoms with Crippen molar-refractivity contribution in [3.8, 4) is 11.1 Å². The average Bonchev–Trinajstić information content (AvgIpc) is 2.72. The van der Waals surface area contributed by atoms with Crippen LogP contribution >= 0.6 is 11.6 Å². The molecule has 2 bridgehead atoms. The van der Waals surface area contributed by atoms with E-state index in [1.807, 2.05) is 18.3 Å². The van der Waals surface area contributed by atoms with Crippen molar-refractivity contribution in [3.05, 3.63) is 82.1 Å². The second kappa shape index (κ2) is 6.13. The Bertz CT molecular complexity index is 1060. The molecule has 1 aromatic heterocycles. The number of nitrogens with one attached hydrogen (secondary N) is 1.